The van der Waals surface area contributed by atoms with E-state index in [0.29, 0.717) is 36.8 Å². The van der Waals surface area contributed by atoms with Crippen molar-refractivity contribution in [3.05, 3.63) is 77.6 Å². The molecule has 0 atom stereocenters. The number of hydrogen-bond donors (Lipinski definition) is 1. The summed E-state index contributed by atoms with van der Waals surface area (Å²) in [5.74, 6) is 1.78. The van der Waals surface area contributed by atoms with Crippen molar-refractivity contribution in [3.8, 4) is 17.2 Å². The van der Waals surface area contributed by atoms with Gasteiger partial charge in [-0.05, 0) is 79.9 Å². The van der Waals surface area contributed by atoms with E-state index in [1.54, 1.807) is 25.4 Å². The van der Waals surface area contributed by atoms with E-state index in [1.165, 1.54) is 12.8 Å². The first-order valence-electron chi connectivity index (χ1n) is 12.8. The molecule has 8 heteroatoms. The maximum absolute atomic E-state index is 13.2. The van der Waals surface area contributed by atoms with Crippen molar-refractivity contribution in [1.29, 1.82) is 0 Å². The average Bonchev–Trinajstić information content (AvgIpc) is 3.58. The molecule has 0 saturated carbocycles. The van der Waals surface area contributed by atoms with Crippen LogP contribution in [0.15, 0.2) is 60.8 Å². The summed E-state index contributed by atoms with van der Waals surface area (Å²) < 4.78 is 11.9. The number of likely N-dealkylation sites (tertiary alicyclic amines) is 1. The first-order chi connectivity index (χ1) is 18.1. The van der Waals surface area contributed by atoms with Crippen molar-refractivity contribution in [2.24, 2.45) is 0 Å². The molecule has 0 bridgehead atoms. The Morgan fingerprint density at radius 2 is 1.81 bits per heavy atom. The predicted octanol–water partition coefficient (Wildman–Crippen LogP) is 3.84. The minimum Gasteiger partial charge on any atom is -0.492 e. The molecule has 3 heterocycles. The lowest BCUT2D eigenvalue weighted by Gasteiger charge is -2.18. The zero-order chi connectivity index (χ0) is 25.6. The number of anilines is 1. The highest BCUT2D eigenvalue weighted by molar-refractivity contribution is 5.97. The molecule has 1 fully saturated rings. The topological polar surface area (TPSA) is 84.0 Å². The monoisotopic (exact) mass is 500 g/mol. The minimum atomic E-state index is -0.271. The fourth-order valence-electron chi connectivity index (χ4n) is 4.88. The number of rotatable bonds is 9. The van der Waals surface area contributed by atoms with Gasteiger partial charge in [0.2, 0.25) is 5.91 Å². The lowest BCUT2D eigenvalue weighted by molar-refractivity contribution is -0.117. The van der Waals surface area contributed by atoms with Crippen molar-refractivity contribution >= 4 is 17.5 Å². The third-order valence-electron chi connectivity index (χ3n) is 6.80. The standard InChI is InChI=1S/C29H32N4O4/c1-30-29(35)26-20-25(9-11-31-26)37-24-7-8-27-22(19-24)10-14-33(27)28(34)18-21-5-4-6-23(17-21)36-16-15-32-12-2-3-13-32/h4-9,11,17,19-20H,2-3,10,12-16,18H2,1H3,(H,30,35). The van der Waals surface area contributed by atoms with Crippen LogP contribution in [-0.4, -0.2) is 61.5 Å². The van der Waals surface area contributed by atoms with E-state index < -0.39 is 0 Å². The molecule has 0 radical (unpaired) electrons. The minimum absolute atomic E-state index is 0.0611. The highest BCUT2D eigenvalue weighted by Gasteiger charge is 2.25. The summed E-state index contributed by atoms with van der Waals surface area (Å²) in [5.41, 5.74) is 3.21. The summed E-state index contributed by atoms with van der Waals surface area (Å²) in [6.07, 6.45) is 5.17. The molecule has 2 aliphatic rings. The summed E-state index contributed by atoms with van der Waals surface area (Å²) in [6, 6.07) is 16.9. The van der Waals surface area contributed by atoms with Crippen LogP contribution in [0.5, 0.6) is 17.2 Å². The summed E-state index contributed by atoms with van der Waals surface area (Å²) >= 11 is 0. The Labute approximate surface area is 217 Å². The van der Waals surface area contributed by atoms with Crippen LogP contribution in [0, 0.1) is 0 Å². The first kappa shape index (κ1) is 24.8. The number of aromatic nitrogens is 1. The fraction of sp³-hybridized carbons (Fsp3) is 0.345. The van der Waals surface area contributed by atoms with Crippen LogP contribution in [-0.2, 0) is 17.6 Å². The Morgan fingerprint density at radius 1 is 0.973 bits per heavy atom. The van der Waals surface area contributed by atoms with Gasteiger partial charge >= 0.3 is 0 Å². The summed E-state index contributed by atoms with van der Waals surface area (Å²) in [6.45, 7) is 4.56. The SMILES string of the molecule is CNC(=O)c1cc(Oc2ccc3c(c2)CCN3C(=O)Cc2cccc(OCCN3CCCC3)c2)ccn1. The molecule has 0 aliphatic carbocycles. The zero-order valence-electron chi connectivity index (χ0n) is 21.1. The van der Waals surface area contributed by atoms with Crippen LogP contribution in [0.3, 0.4) is 0 Å². The molecule has 192 valence electrons. The Balaban J connectivity index is 1.19. The van der Waals surface area contributed by atoms with Gasteiger partial charge in [0.05, 0.1) is 6.42 Å². The highest BCUT2D eigenvalue weighted by Crippen LogP contribution is 2.33. The van der Waals surface area contributed by atoms with Gasteiger partial charge in [-0.2, -0.15) is 0 Å². The molecule has 2 aromatic carbocycles. The van der Waals surface area contributed by atoms with E-state index in [4.69, 9.17) is 9.47 Å². The number of benzene rings is 2. The molecule has 2 aliphatic heterocycles. The second-order valence-corrected chi connectivity index (χ2v) is 9.37. The molecule has 1 N–H and O–H groups in total. The molecule has 2 amide bonds. The van der Waals surface area contributed by atoms with Gasteiger partial charge in [-0.15, -0.1) is 0 Å². The number of amides is 2. The van der Waals surface area contributed by atoms with Crippen LogP contribution in [0.2, 0.25) is 0 Å². The first-order valence-corrected chi connectivity index (χ1v) is 12.8. The molecule has 8 nitrogen and oxygen atoms in total. The van der Waals surface area contributed by atoms with Crippen LogP contribution < -0.4 is 19.7 Å². The van der Waals surface area contributed by atoms with Crippen LogP contribution in [0.4, 0.5) is 5.69 Å². The fourth-order valence-corrected chi connectivity index (χ4v) is 4.88. The number of hydrogen-bond acceptors (Lipinski definition) is 6. The van der Waals surface area contributed by atoms with E-state index in [9.17, 15) is 9.59 Å². The molecular weight excluding hydrogens is 468 g/mol. The molecular formula is C29H32N4O4. The number of carbonyl (C=O) groups is 2. The number of pyridine rings is 1. The summed E-state index contributed by atoms with van der Waals surface area (Å²) in [5, 5.41) is 2.56. The smallest absolute Gasteiger partial charge is 0.269 e. The largest absolute Gasteiger partial charge is 0.492 e. The third kappa shape index (κ3) is 6.09. The number of nitrogens with zero attached hydrogens (tertiary/aromatic N) is 3. The molecule has 5 rings (SSSR count). The second-order valence-electron chi connectivity index (χ2n) is 9.37. The van der Waals surface area contributed by atoms with E-state index in [1.807, 2.05) is 47.4 Å². The molecule has 3 aromatic rings. The van der Waals surface area contributed by atoms with E-state index in [0.717, 1.165) is 48.6 Å². The third-order valence-corrected chi connectivity index (χ3v) is 6.80. The van der Waals surface area contributed by atoms with Crippen molar-refractivity contribution in [2.75, 3.05) is 44.7 Å². The number of carbonyl (C=O) groups excluding carboxylic acids is 2. The molecule has 1 aromatic heterocycles. The highest BCUT2D eigenvalue weighted by atomic mass is 16.5. The zero-order valence-corrected chi connectivity index (χ0v) is 21.1. The van der Waals surface area contributed by atoms with Gasteiger partial charge in [0.15, 0.2) is 0 Å². The molecule has 0 unspecified atom stereocenters. The van der Waals surface area contributed by atoms with E-state index in [2.05, 4.69) is 15.2 Å². The Kier molecular flexibility index (Phi) is 7.65. The summed E-state index contributed by atoms with van der Waals surface area (Å²) in [7, 11) is 1.56. The van der Waals surface area contributed by atoms with Gasteiger partial charge < -0.3 is 19.7 Å². The Hall–Kier alpha value is -3.91. The number of fused-ring (bicyclic) bond motifs is 1. The number of ether oxygens (including phenoxy) is 2. The van der Waals surface area contributed by atoms with Gasteiger partial charge in [-0.1, -0.05) is 12.1 Å². The Bertz CT molecular complexity index is 1270. The predicted molar refractivity (Wildman–Crippen MR) is 142 cm³/mol. The quantitative estimate of drug-likeness (QED) is 0.481. The van der Waals surface area contributed by atoms with Gasteiger partial charge in [0.25, 0.3) is 5.91 Å². The van der Waals surface area contributed by atoms with Gasteiger partial charge in [0, 0.05) is 38.1 Å². The average molecular weight is 501 g/mol. The molecule has 1 saturated heterocycles. The van der Waals surface area contributed by atoms with Crippen LogP contribution in [0.1, 0.15) is 34.5 Å². The Morgan fingerprint density at radius 3 is 2.65 bits per heavy atom. The maximum atomic E-state index is 13.2. The van der Waals surface area contributed by atoms with Gasteiger partial charge in [0.1, 0.15) is 29.5 Å². The van der Waals surface area contributed by atoms with Crippen molar-refractivity contribution in [3.63, 3.8) is 0 Å². The lowest BCUT2D eigenvalue weighted by atomic mass is 10.1. The van der Waals surface area contributed by atoms with Gasteiger partial charge in [-0.3, -0.25) is 19.5 Å². The maximum Gasteiger partial charge on any atom is 0.269 e. The molecule has 37 heavy (non-hydrogen) atoms. The van der Waals surface area contributed by atoms with E-state index >= 15 is 0 Å². The van der Waals surface area contributed by atoms with Crippen LogP contribution >= 0.6 is 0 Å². The lowest BCUT2D eigenvalue weighted by Crippen LogP contribution is -2.30. The normalized spacial score (nSPS) is 14.9. The number of nitrogens with one attached hydrogen (secondary N) is 1. The van der Waals surface area contributed by atoms with Crippen LogP contribution in [0.25, 0.3) is 0 Å². The van der Waals surface area contributed by atoms with Crippen molar-refractivity contribution < 1.29 is 19.1 Å². The molecule has 0 spiro atoms. The second kappa shape index (κ2) is 11.4. The van der Waals surface area contributed by atoms with Crippen molar-refractivity contribution in [1.82, 2.24) is 15.2 Å². The summed E-state index contributed by atoms with van der Waals surface area (Å²) in [4.78, 5) is 33.4. The van der Waals surface area contributed by atoms with E-state index in [-0.39, 0.29) is 11.8 Å². The van der Waals surface area contributed by atoms with Gasteiger partial charge in [-0.25, -0.2) is 0 Å². The van der Waals surface area contributed by atoms with Crippen molar-refractivity contribution in [2.45, 2.75) is 25.7 Å².